The molecule has 4 nitrogen and oxygen atoms in total. The van der Waals surface area contributed by atoms with Gasteiger partial charge in [0.1, 0.15) is 5.75 Å². The second kappa shape index (κ2) is 7.72. The number of nitrogens with one attached hydrogen (secondary N) is 1. The average molecular weight is 367 g/mol. The smallest absolute Gasteiger partial charge is 0.241 e. The van der Waals surface area contributed by atoms with Gasteiger partial charge in [0.25, 0.3) is 0 Å². The number of benzene rings is 3. The molecule has 0 amide bonds. The zero-order valence-electron chi connectivity index (χ0n) is 14.7. The molecule has 0 aromatic heterocycles. The van der Waals surface area contributed by atoms with Crippen molar-refractivity contribution >= 4 is 10.0 Å². The molecule has 1 atom stereocenters. The van der Waals surface area contributed by atoms with Gasteiger partial charge in [0.15, 0.2) is 0 Å². The summed E-state index contributed by atoms with van der Waals surface area (Å²) in [5.74, 6) is 0.613. The quantitative estimate of drug-likeness (QED) is 0.714. The second-order valence-corrected chi connectivity index (χ2v) is 7.71. The fourth-order valence-electron chi connectivity index (χ4n) is 2.85. The molecule has 0 aliphatic rings. The highest BCUT2D eigenvalue weighted by Crippen LogP contribution is 2.27. The lowest BCUT2D eigenvalue weighted by Gasteiger charge is -2.21. The maximum Gasteiger partial charge on any atom is 0.241 e. The Hall–Kier alpha value is -2.63. The third-order valence-electron chi connectivity index (χ3n) is 4.28. The van der Waals surface area contributed by atoms with Crippen LogP contribution in [0, 0.1) is 6.92 Å². The Morgan fingerprint density at radius 3 is 2.08 bits per heavy atom. The van der Waals surface area contributed by atoms with E-state index in [0.717, 1.165) is 16.7 Å². The number of aryl methyl sites for hydroxylation is 1. The molecule has 1 N–H and O–H groups in total. The van der Waals surface area contributed by atoms with Crippen molar-refractivity contribution in [2.75, 3.05) is 7.11 Å². The predicted molar refractivity (Wildman–Crippen MR) is 103 cm³/mol. The Kier molecular flexibility index (Phi) is 5.40. The Balaban J connectivity index is 2.01. The highest BCUT2D eigenvalue weighted by molar-refractivity contribution is 7.89. The van der Waals surface area contributed by atoms with E-state index in [-0.39, 0.29) is 4.90 Å². The van der Waals surface area contributed by atoms with E-state index in [4.69, 9.17) is 4.74 Å². The molecular weight excluding hydrogens is 346 g/mol. The van der Waals surface area contributed by atoms with Crippen molar-refractivity contribution in [3.05, 3.63) is 95.6 Å². The summed E-state index contributed by atoms with van der Waals surface area (Å²) in [6.45, 7) is 1.98. The van der Waals surface area contributed by atoms with Crippen LogP contribution in [0.15, 0.2) is 83.8 Å². The van der Waals surface area contributed by atoms with Gasteiger partial charge < -0.3 is 4.74 Å². The minimum atomic E-state index is -3.70. The highest BCUT2D eigenvalue weighted by atomic mass is 32.2. The van der Waals surface area contributed by atoms with E-state index in [1.165, 1.54) is 0 Å². The lowest BCUT2D eigenvalue weighted by Crippen LogP contribution is -2.30. The first-order valence-electron chi connectivity index (χ1n) is 8.28. The number of ether oxygens (including phenoxy) is 1. The largest absolute Gasteiger partial charge is 0.497 e. The SMILES string of the molecule is COc1ccc(S(=O)(=O)N[C@H](c2ccccc2)c2ccccc2C)cc1. The summed E-state index contributed by atoms with van der Waals surface area (Å²) in [6, 6.07) is 23.3. The summed E-state index contributed by atoms with van der Waals surface area (Å²) in [7, 11) is -2.16. The van der Waals surface area contributed by atoms with Gasteiger partial charge in [-0.15, -0.1) is 0 Å². The van der Waals surface area contributed by atoms with Crippen LogP contribution in [0.5, 0.6) is 5.75 Å². The van der Waals surface area contributed by atoms with Crippen LogP contribution in [-0.2, 0) is 10.0 Å². The molecule has 5 heteroatoms. The number of hydrogen-bond acceptors (Lipinski definition) is 3. The molecule has 26 heavy (non-hydrogen) atoms. The number of hydrogen-bond donors (Lipinski definition) is 1. The molecule has 3 rings (SSSR count). The summed E-state index contributed by atoms with van der Waals surface area (Å²) in [6.07, 6.45) is 0. The molecule has 0 fully saturated rings. The maximum absolute atomic E-state index is 12.9. The van der Waals surface area contributed by atoms with Gasteiger partial charge in [-0.2, -0.15) is 4.72 Å². The molecule has 0 spiro atoms. The van der Waals surface area contributed by atoms with Crippen LogP contribution in [0.3, 0.4) is 0 Å². The summed E-state index contributed by atoms with van der Waals surface area (Å²) in [4.78, 5) is 0.202. The normalized spacial score (nSPS) is 12.5. The van der Waals surface area contributed by atoms with Gasteiger partial charge in [-0.05, 0) is 47.9 Å². The molecule has 3 aromatic carbocycles. The molecule has 0 aliphatic heterocycles. The molecule has 134 valence electrons. The predicted octanol–water partition coefficient (Wildman–Crippen LogP) is 4.07. The lowest BCUT2D eigenvalue weighted by molar-refractivity contribution is 0.414. The third-order valence-corrected chi connectivity index (χ3v) is 5.71. The molecule has 0 heterocycles. The first-order chi connectivity index (χ1) is 12.5. The number of methoxy groups -OCH3 is 1. The molecular formula is C21H21NO3S. The van der Waals surface area contributed by atoms with Crippen molar-refractivity contribution < 1.29 is 13.2 Å². The van der Waals surface area contributed by atoms with Gasteiger partial charge in [0.05, 0.1) is 18.0 Å². The van der Waals surface area contributed by atoms with E-state index < -0.39 is 16.1 Å². The van der Waals surface area contributed by atoms with Gasteiger partial charge in [0, 0.05) is 0 Å². The zero-order valence-corrected chi connectivity index (χ0v) is 15.5. The van der Waals surface area contributed by atoms with Crippen molar-refractivity contribution in [1.29, 1.82) is 0 Å². The minimum absolute atomic E-state index is 0.202. The fraction of sp³-hybridized carbons (Fsp3) is 0.143. The van der Waals surface area contributed by atoms with Gasteiger partial charge in [-0.3, -0.25) is 0 Å². The summed E-state index contributed by atoms with van der Waals surface area (Å²) < 4.78 is 33.9. The Labute approximate surface area is 154 Å². The molecule has 0 saturated carbocycles. The van der Waals surface area contributed by atoms with E-state index in [9.17, 15) is 8.42 Å². The summed E-state index contributed by atoms with van der Waals surface area (Å²) >= 11 is 0. The monoisotopic (exact) mass is 367 g/mol. The van der Waals surface area contributed by atoms with E-state index in [0.29, 0.717) is 5.75 Å². The van der Waals surface area contributed by atoms with Gasteiger partial charge in [0.2, 0.25) is 10.0 Å². The van der Waals surface area contributed by atoms with Crippen molar-refractivity contribution in [1.82, 2.24) is 4.72 Å². The van der Waals surface area contributed by atoms with Crippen LogP contribution in [0.2, 0.25) is 0 Å². The Morgan fingerprint density at radius 2 is 1.46 bits per heavy atom. The van der Waals surface area contributed by atoms with Crippen LogP contribution >= 0.6 is 0 Å². The Bertz CT molecular complexity index is 968. The van der Waals surface area contributed by atoms with E-state index in [1.54, 1.807) is 31.4 Å². The molecule has 0 bridgehead atoms. The molecule has 0 unspecified atom stereocenters. The minimum Gasteiger partial charge on any atom is -0.497 e. The van der Waals surface area contributed by atoms with E-state index in [2.05, 4.69) is 4.72 Å². The van der Waals surface area contributed by atoms with Crippen LogP contribution in [0.25, 0.3) is 0 Å². The summed E-state index contributed by atoms with van der Waals surface area (Å²) in [5.41, 5.74) is 2.84. The lowest BCUT2D eigenvalue weighted by atomic mass is 9.96. The Morgan fingerprint density at radius 1 is 0.846 bits per heavy atom. The standard InChI is InChI=1S/C21H21NO3S/c1-16-8-6-7-11-20(16)21(17-9-4-3-5-10-17)22-26(23,24)19-14-12-18(25-2)13-15-19/h3-15,21-22H,1-2H3/t21-/m1/s1. The summed E-state index contributed by atoms with van der Waals surface area (Å²) in [5, 5.41) is 0. The third kappa shape index (κ3) is 3.95. The van der Waals surface area contributed by atoms with Crippen LogP contribution in [-0.4, -0.2) is 15.5 Å². The maximum atomic E-state index is 12.9. The van der Waals surface area contributed by atoms with Gasteiger partial charge >= 0.3 is 0 Å². The van der Waals surface area contributed by atoms with Crippen LogP contribution in [0.4, 0.5) is 0 Å². The fourth-order valence-corrected chi connectivity index (χ4v) is 4.05. The van der Waals surface area contributed by atoms with Crippen LogP contribution < -0.4 is 9.46 Å². The molecule has 0 radical (unpaired) electrons. The molecule has 3 aromatic rings. The van der Waals surface area contributed by atoms with Gasteiger partial charge in [-0.1, -0.05) is 54.6 Å². The first kappa shape index (κ1) is 18.2. The van der Waals surface area contributed by atoms with Crippen molar-refractivity contribution in [3.63, 3.8) is 0 Å². The van der Waals surface area contributed by atoms with Gasteiger partial charge in [-0.25, -0.2) is 8.42 Å². The van der Waals surface area contributed by atoms with Crippen molar-refractivity contribution in [2.24, 2.45) is 0 Å². The molecule has 0 aliphatic carbocycles. The highest BCUT2D eigenvalue weighted by Gasteiger charge is 2.23. The zero-order chi connectivity index (χ0) is 18.6. The van der Waals surface area contributed by atoms with E-state index >= 15 is 0 Å². The average Bonchev–Trinajstić information content (AvgIpc) is 2.67. The molecule has 0 saturated heterocycles. The van der Waals surface area contributed by atoms with E-state index in [1.807, 2.05) is 61.5 Å². The van der Waals surface area contributed by atoms with Crippen molar-refractivity contribution in [3.8, 4) is 5.75 Å². The topological polar surface area (TPSA) is 55.4 Å². The van der Waals surface area contributed by atoms with Crippen LogP contribution in [0.1, 0.15) is 22.7 Å². The first-order valence-corrected chi connectivity index (χ1v) is 9.76. The number of rotatable bonds is 6. The van der Waals surface area contributed by atoms with Crippen molar-refractivity contribution in [2.45, 2.75) is 17.9 Å². The number of sulfonamides is 1. The second-order valence-electron chi connectivity index (χ2n) is 6.00.